The number of hydrogen-bond acceptors (Lipinski definition) is 3. The van der Waals surface area contributed by atoms with Gasteiger partial charge in [-0.3, -0.25) is 9.97 Å². The lowest BCUT2D eigenvalue weighted by atomic mass is 10.0. The first-order chi connectivity index (χ1) is 8.31. The highest BCUT2D eigenvalue weighted by molar-refractivity contribution is 5.28. The molecule has 2 rings (SSSR count). The first kappa shape index (κ1) is 11.7. The van der Waals surface area contributed by atoms with Gasteiger partial charge in [-0.1, -0.05) is 13.0 Å². The van der Waals surface area contributed by atoms with Crippen LogP contribution in [0.4, 0.5) is 4.39 Å². The molecule has 2 heterocycles. The Morgan fingerprint density at radius 3 is 2.71 bits per heavy atom. The van der Waals surface area contributed by atoms with E-state index in [1.807, 2.05) is 19.1 Å². The van der Waals surface area contributed by atoms with E-state index in [1.165, 1.54) is 12.3 Å². The zero-order valence-corrected chi connectivity index (χ0v) is 9.60. The van der Waals surface area contributed by atoms with Crippen molar-refractivity contribution in [3.05, 3.63) is 59.9 Å². The molecule has 0 aromatic carbocycles. The average molecular weight is 231 g/mol. The van der Waals surface area contributed by atoms with E-state index in [2.05, 4.69) is 15.3 Å². The van der Waals surface area contributed by atoms with Gasteiger partial charge in [-0.15, -0.1) is 0 Å². The molecular formula is C13H14FN3. The van der Waals surface area contributed by atoms with Crippen LogP contribution in [0.2, 0.25) is 0 Å². The SMILES string of the molecule is CCNC(c1cccnc1)c1cncc(F)c1. The Balaban J connectivity index is 2.35. The second-order valence-corrected chi connectivity index (χ2v) is 3.71. The van der Waals surface area contributed by atoms with E-state index in [4.69, 9.17) is 0 Å². The van der Waals surface area contributed by atoms with Crippen LogP contribution in [-0.2, 0) is 0 Å². The predicted molar refractivity (Wildman–Crippen MR) is 64.0 cm³/mol. The molecule has 0 amide bonds. The van der Waals surface area contributed by atoms with E-state index in [0.717, 1.165) is 17.7 Å². The monoisotopic (exact) mass is 231 g/mol. The number of rotatable bonds is 4. The van der Waals surface area contributed by atoms with Crippen LogP contribution in [0.1, 0.15) is 24.1 Å². The fourth-order valence-corrected chi connectivity index (χ4v) is 1.77. The number of nitrogens with zero attached hydrogens (tertiary/aromatic N) is 2. The summed E-state index contributed by atoms with van der Waals surface area (Å²) in [5, 5.41) is 3.30. The van der Waals surface area contributed by atoms with Gasteiger partial charge in [-0.25, -0.2) is 4.39 Å². The standard InChI is InChI=1S/C13H14FN3/c1-2-17-13(10-4-3-5-15-7-10)11-6-12(14)9-16-8-11/h3-9,13,17H,2H2,1H3. The Hall–Kier alpha value is -1.81. The van der Waals surface area contributed by atoms with Gasteiger partial charge in [0.15, 0.2) is 0 Å². The maximum atomic E-state index is 13.2. The van der Waals surface area contributed by atoms with E-state index < -0.39 is 0 Å². The molecule has 0 fully saturated rings. The number of halogens is 1. The Morgan fingerprint density at radius 2 is 2.06 bits per heavy atom. The first-order valence-corrected chi connectivity index (χ1v) is 5.55. The molecule has 0 bridgehead atoms. The van der Waals surface area contributed by atoms with Gasteiger partial charge >= 0.3 is 0 Å². The van der Waals surface area contributed by atoms with Crippen molar-refractivity contribution in [2.24, 2.45) is 0 Å². The zero-order valence-electron chi connectivity index (χ0n) is 9.60. The van der Waals surface area contributed by atoms with Crippen LogP contribution in [0.3, 0.4) is 0 Å². The summed E-state index contributed by atoms with van der Waals surface area (Å²) in [5.74, 6) is -0.325. The minimum atomic E-state index is -0.325. The topological polar surface area (TPSA) is 37.8 Å². The summed E-state index contributed by atoms with van der Waals surface area (Å²) in [7, 11) is 0. The van der Waals surface area contributed by atoms with Crippen molar-refractivity contribution < 1.29 is 4.39 Å². The molecule has 0 aliphatic rings. The summed E-state index contributed by atoms with van der Waals surface area (Å²) in [6.45, 7) is 2.80. The Bertz CT molecular complexity index is 473. The number of pyridine rings is 2. The normalized spacial score (nSPS) is 12.4. The second kappa shape index (κ2) is 5.50. The van der Waals surface area contributed by atoms with E-state index in [1.54, 1.807) is 18.6 Å². The summed E-state index contributed by atoms with van der Waals surface area (Å²) in [6.07, 6.45) is 6.37. The molecule has 0 radical (unpaired) electrons. The van der Waals surface area contributed by atoms with Crippen molar-refractivity contribution in [2.75, 3.05) is 6.54 Å². The highest BCUT2D eigenvalue weighted by Crippen LogP contribution is 2.20. The molecule has 17 heavy (non-hydrogen) atoms. The van der Waals surface area contributed by atoms with Gasteiger partial charge < -0.3 is 5.32 Å². The van der Waals surface area contributed by atoms with Crippen molar-refractivity contribution in [1.29, 1.82) is 0 Å². The van der Waals surface area contributed by atoms with Gasteiger partial charge in [-0.05, 0) is 29.8 Å². The molecule has 88 valence electrons. The average Bonchev–Trinajstić information content (AvgIpc) is 2.37. The summed E-state index contributed by atoms with van der Waals surface area (Å²) >= 11 is 0. The van der Waals surface area contributed by atoms with Crippen LogP contribution < -0.4 is 5.32 Å². The third kappa shape index (κ3) is 2.85. The molecule has 1 unspecified atom stereocenters. The van der Waals surface area contributed by atoms with Crippen LogP contribution in [-0.4, -0.2) is 16.5 Å². The lowest BCUT2D eigenvalue weighted by Gasteiger charge is -2.18. The van der Waals surface area contributed by atoms with Crippen molar-refractivity contribution >= 4 is 0 Å². The molecule has 0 saturated heterocycles. The van der Waals surface area contributed by atoms with Crippen molar-refractivity contribution in [3.8, 4) is 0 Å². The summed E-state index contributed by atoms with van der Waals surface area (Å²) in [6, 6.07) is 5.25. The van der Waals surface area contributed by atoms with Crippen LogP contribution in [0, 0.1) is 5.82 Å². The summed E-state index contributed by atoms with van der Waals surface area (Å²) in [5.41, 5.74) is 1.81. The molecule has 2 aromatic heterocycles. The van der Waals surface area contributed by atoms with Crippen molar-refractivity contribution in [3.63, 3.8) is 0 Å². The smallest absolute Gasteiger partial charge is 0.141 e. The van der Waals surface area contributed by atoms with Crippen LogP contribution in [0.15, 0.2) is 43.0 Å². The van der Waals surface area contributed by atoms with Crippen LogP contribution >= 0.6 is 0 Å². The van der Waals surface area contributed by atoms with E-state index in [9.17, 15) is 4.39 Å². The molecule has 1 atom stereocenters. The van der Waals surface area contributed by atoms with Gasteiger partial charge in [0.05, 0.1) is 12.2 Å². The Kier molecular flexibility index (Phi) is 3.77. The van der Waals surface area contributed by atoms with E-state index in [0.29, 0.717) is 0 Å². The number of nitrogens with one attached hydrogen (secondary N) is 1. The number of hydrogen-bond donors (Lipinski definition) is 1. The molecule has 0 aliphatic heterocycles. The van der Waals surface area contributed by atoms with Crippen molar-refractivity contribution in [1.82, 2.24) is 15.3 Å². The van der Waals surface area contributed by atoms with Gasteiger partial charge in [0.1, 0.15) is 5.82 Å². The lowest BCUT2D eigenvalue weighted by molar-refractivity contribution is 0.595. The van der Waals surface area contributed by atoms with Crippen molar-refractivity contribution in [2.45, 2.75) is 13.0 Å². The molecule has 0 saturated carbocycles. The lowest BCUT2D eigenvalue weighted by Crippen LogP contribution is -2.22. The molecule has 0 spiro atoms. The molecule has 1 N–H and O–H groups in total. The van der Waals surface area contributed by atoms with Gasteiger partial charge in [0.2, 0.25) is 0 Å². The van der Waals surface area contributed by atoms with E-state index in [-0.39, 0.29) is 11.9 Å². The first-order valence-electron chi connectivity index (χ1n) is 5.55. The Morgan fingerprint density at radius 1 is 1.24 bits per heavy atom. The van der Waals surface area contributed by atoms with E-state index >= 15 is 0 Å². The minimum absolute atomic E-state index is 0.0723. The second-order valence-electron chi connectivity index (χ2n) is 3.71. The molecule has 3 nitrogen and oxygen atoms in total. The fourth-order valence-electron chi connectivity index (χ4n) is 1.77. The van der Waals surface area contributed by atoms with Crippen LogP contribution in [0.5, 0.6) is 0 Å². The Labute approximate surface area is 99.7 Å². The quantitative estimate of drug-likeness (QED) is 0.877. The minimum Gasteiger partial charge on any atom is -0.306 e. The third-order valence-electron chi connectivity index (χ3n) is 2.49. The van der Waals surface area contributed by atoms with Gasteiger partial charge in [-0.2, -0.15) is 0 Å². The largest absolute Gasteiger partial charge is 0.306 e. The maximum absolute atomic E-state index is 13.2. The number of aromatic nitrogens is 2. The fraction of sp³-hybridized carbons (Fsp3) is 0.231. The molecule has 2 aromatic rings. The third-order valence-corrected chi connectivity index (χ3v) is 2.49. The maximum Gasteiger partial charge on any atom is 0.141 e. The summed E-state index contributed by atoms with van der Waals surface area (Å²) in [4.78, 5) is 7.96. The highest BCUT2D eigenvalue weighted by atomic mass is 19.1. The van der Waals surface area contributed by atoms with Gasteiger partial charge in [0.25, 0.3) is 0 Å². The molecule has 4 heteroatoms. The predicted octanol–water partition coefficient (Wildman–Crippen LogP) is 2.31. The van der Waals surface area contributed by atoms with Gasteiger partial charge in [0, 0.05) is 18.6 Å². The highest BCUT2D eigenvalue weighted by Gasteiger charge is 2.13. The summed E-state index contributed by atoms with van der Waals surface area (Å²) < 4.78 is 13.2. The zero-order chi connectivity index (χ0) is 12.1. The molecule has 0 aliphatic carbocycles. The van der Waals surface area contributed by atoms with Crippen LogP contribution in [0.25, 0.3) is 0 Å². The molecular weight excluding hydrogens is 217 g/mol.